The summed E-state index contributed by atoms with van der Waals surface area (Å²) >= 11 is 0. The molecule has 1 unspecified atom stereocenters. The molecule has 1 aromatic heterocycles. The molecule has 86 valence electrons. The number of likely N-dealkylation sites (N-methyl/N-ethyl adjacent to an activating group) is 1. The van der Waals surface area contributed by atoms with Crippen molar-refractivity contribution in [2.24, 2.45) is 0 Å². The molecule has 15 heavy (non-hydrogen) atoms. The van der Waals surface area contributed by atoms with Gasteiger partial charge in [-0.15, -0.1) is 0 Å². The van der Waals surface area contributed by atoms with E-state index in [-0.39, 0.29) is 11.4 Å². The molecule has 7 heteroatoms. The summed E-state index contributed by atoms with van der Waals surface area (Å²) in [4.78, 5) is 0.144. The number of nitrogens with one attached hydrogen (secondary N) is 1. The minimum atomic E-state index is -3.54. The fraction of sp³-hybridized carbons (Fsp3) is 0.625. The molecule has 1 heterocycles. The fourth-order valence-corrected chi connectivity index (χ4v) is 2.60. The Morgan fingerprint density at radius 3 is 2.67 bits per heavy atom. The summed E-state index contributed by atoms with van der Waals surface area (Å²) in [7, 11) is -2.12. The van der Waals surface area contributed by atoms with Crippen LogP contribution in [0.15, 0.2) is 11.1 Å². The maximum atomic E-state index is 11.9. The van der Waals surface area contributed by atoms with Gasteiger partial charge in [0.1, 0.15) is 4.90 Å². The molecule has 0 aliphatic carbocycles. The van der Waals surface area contributed by atoms with Crippen LogP contribution < -0.4 is 0 Å². The van der Waals surface area contributed by atoms with E-state index in [1.807, 2.05) is 0 Å². The van der Waals surface area contributed by atoms with Crippen molar-refractivity contribution in [3.8, 4) is 0 Å². The smallest absolute Gasteiger partial charge is 0.246 e. The maximum absolute atomic E-state index is 11.9. The summed E-state index contributed by atoms with van der Waals surface area (Å²) in [6.45, 7) is 3.23. The lowest BCUT2D eigenvalue weighted by molar-refractivity contribution is 0.171. The first-order valence-electron chi connectivity index (χ1n) is 4.50. The monoisotopic (exact) mass is 233 g/mol. The van der Waals surface area contributed by atoms with Gasteiger partial charge in [0.05, 0.1) is 18.0 Å². The van der Waals surface area contributed by atoms with Crippen molar-refractivity contribution in [2.75, 3.05) is 13.6 Å². The van der Waals surface area contributed by atoms with Crippen LogP contribution in [0.3, 0.4) is 0 Å². The second-order valence-electron chi connectivity index (χ2n) is 3.49. The molecule has 0 amide bonds. The van der Waals surface area contributed by atoms with Gasteiger partial charge < -0.3 is 5.11 Å². The first kappa shape index (κ1) is 12.2. The molecule has 1 aromatic rings. The summed E-state index contributed by atoms with van der Waals surface area (Å²) in [5.41, 5.74) is 0.493. The normalized spacial score (nSPS) is 14.5. The van der Waals surface area contributed by atoms with E-state index in [0.29, 0.717) is 5.69 Å². The lowest BCUT2D eigenvalue weighted by Gasteiger charge is -2.17. The number of aliphatic hydroxyl groups is 1. The SMILES string of the molecule is Cc1[nH]ncc1S(=O)(=O)N(C)CC(C)O. The number of aromatic nitrogens is 2. The third-order valence-corrected chi connectivity index (χ3v) is 3.93. The van der Waals surface area contributed by atoms with E-state index in [1.54, 1.807) is 6.92 Å². The highest BCUT2D eigenvalue weighted by Gasteiger charge is 2.24. The van der Waals surface area contributed by atoms with Gasteiger partial charge in [0.15, 0.2) is 0 Å². The van der Waals surface area contributed by atoms with Gasteiger partial charge in [-0.1, -0.05) is 0 Å². The first-order valence-corrected chi connectivity index (χ1v) is 5.94. The van der Waals surface area contributed by atoms with Crippen LogP contribution in [0.4, 0.5) is 0 Å². The number of H-pyrrole nitrogens is 1. The Kier molecular flexibility index (Phi) is 3.48. The first-order chi connectivity index (χ1) is 6.85. The van der Waals surface area contributed by atoms with E-state index in [9.17, 15) is 8.42 Å². The molecule has 2 N–H and O–H groups in total. The van der Waals surface area contributed by atoms with Crippen LogP contribution >= 0.6 is 0 Å². The number of hydrogen-bond donors (Lipinski definition) is 2. The van der Waals surface area contributed by atoms with E-state index in [2.05, 4.69) is 10.2 Å². The number of aromatic amines is 1. The quantitative estimate of drug-likeness (QED) is 0.749. The van der Waals surface area contributed by atoms with Crippen LogP contribution in [0.25, 0.3) is 0 Å². The maximum Gasteiger partial charge on any atom is 0.246 e. The Morgan fingerprint density at radius 1 is 1.67 bits per heavy atom. The molecule has 1 atom stereocenters. The van der Waals surface area contributed by atoms with Crippen molar-refractivity contribution >= 4 is 10.0 Å². The average Bonchev–Trinajstić information content (AvgIpc) is 2.50. The van der Waals surface area contributed by atoms with Crippen molar-refractivity contribution in [3.05, 3.63) is 11.9 Å². The van der Waals surface area contributed by atoms with Crippen LogP contribution in [-0.2, 0) is 10.0 Å². The number of hydrogen-bond acceptors (Lipinski definition) is 4. The van der Waals surface area contributed by atoms with Gasteiger partial charge >= 0.3 is 0 Å². The van der Waals surface area contributed by atoms with Crippen LogP contribution in [-0.4, -0.2) is 47.7 Å². The van der Waals surface area contributed by atoms with Crippen molar-refractivity contribution in [1.82, 2.24) is 14.5 Å². The number of nitrogens with zero attached hydrogens (tertiary/aromatic N) is 2. The predicted molar refractivity (Wildman–Crippen MR) is 54.8 cm³/mol. The van der Waals surface area contributed by atoms with Crippen molar-refractivity contribution < 1.29 is 13.5 Å². The molecule has 0 aromatic carbocycles. The molecular weight excluding hydrogens is 218 g/mol. The van der Waals surface area contributed by atoms with Gasteiger partial charge in [0, 0.05) is 13.6 Å². The molecule has 0 radical (unpaired) electrons. The number of sulfonamides is 1. The molecule has 0 fully saturated rings. The summed E-state index contributed by atoms with van der Waals surface area (Å²) in [6, 6.07) is 0. The highest BCUT2D eigenvalue weighted by molar-refractivity contribution is 7.89. The summed E-state index contributed by atoms with van der Waals surface area (Å²) in [6.07, 6.45) is 0.570. The zero-order valence-corrected chi connectivity index (χ0v) is 9.74. The number of aryl methyl sites for hydroxylation is 1. The van der Waals surface area contributed by atoms with Crippen LogP contribution in [0, 0.1) is 6.92 Å². The standard InChI is InChI=1S/C8H15N3O3S/c1-6(12)5-11(3)15(13,14)8-4-9-10-7(8)2/h4,6,12H,5H2,1-3H3,(H,9,10). The van der Waals surface area contributed by atoms with E-state index in [4.69, 9.17) is 5.11 Å². The zero-order valence-electron chi connectivity index (χ0n) is 8.93. The molecule has 0 saturated carbocycles. The Balaban J connectivity index is 2.99. The summed E-state index contributed by atoms with van der Waals surface area (Å²) in [5.74, 6) is 0. The lowest BCUT2D eigenvalue weighted by atomic mass is 10.4. The summed E-state index contributed by atoms with van der Waals surface area (Å²) in [5, 5.41) is 15.3. The third-order valence-electron chi connectivity index (χ3n) is 1.99. The van der Waals surface area contributed by atoms with Gasteiger partial charge in [-0.05, 0) is 13.8 Å². The van der Waals surface area contributed by atoms with Gasteiger partial charge in [-0.2, -0.15) is 9.40 Å². The second-order valence-corrected chi connectivity index (χ2v) is 5.51. The molecule has 1 rings (SSSR count). The van der Waals surface area contributed by atoms with Crippen LogP contribution in [0.2, 0.25) is 0 Å². The van der Waals surface area contributed by atoms with Gasteiger partial charge in [-0.3, -0.25) is 5.10 Å². The van der Waals surface area contributed by atoms with Gasteiger partial charge in [-0.25, -0.2) is 8.42 Å². The number of rotatable bonds is 4. The van der Waals surface area contributed by atoms with Gasteiger partial charge in [0.25, 0.3) is 0 Å². The zero-order chi connectivity index (χ0) is 11.6. The Bertz CT molecular complexity index is 424. The van der Waals surface area contributed by atoms with E-state index in [1.165, 1.54) is 20.2 Å². The van der Waals surface area contributed by atoms with E-state index >= 15 is 0 Å². The number of aliphatic hydroxyl groups excluding tert-OH is 1. The van der Waals surface area contributed by atoms with Crippen molar-refractivity contribution in [1.29, 1.82) is 0 Å². The topological polar surface area (TPSA) is 86.3 Å². The molecule has 0 bridgehead atoms. The predicted octanol–water partition coefficient (Wildman–Crippen LogP) is -0.281. The minimum absolute atomic E-state index is 0.0625. The highest BCUT2D eigenvalue weighted by atomic mass is 32.2. The second kappa shape index (κ2) is 4.30. The molecule has 0 spiro atoms. The van der Waals surface area contributed by atoms with E-state index in [0.717, 1.165) is 4.31 Å². The average molecular weight is 233 g/mol. The Morgan fingerprint density at radius 2 is 2.27 bits per heavy atom. The Labute approximate surface area is 89.0 Å². The molecule has 0 aliphatic heterocycles. The third kappa shape index (κ3) is 2.55. The lowest BCUT2D eigenvalue weighted by Crippen LogP contribution is -2.33. The van der Waals surface area contributed by atoms with Crippen molar-refractivity contribution in [3.63, 3.8) is 0 Å². The fourth-order valence-electron chi connectivity index (χ4n) is 1.24. The molecular formula is C8H15N3O3S. The van der Waals surface area contributed by atoms with Crippen LogP contribution in [0.5, 0.6) is 0 Å². The molecule has 0 saturated heterocycles. The van der Waals surface area contributed by atoms with E-state index < -0.39 is 16.1 Å². The van der Waals surface area contributed by atoms with Crippen LogP contribution in [0.1, 0.15) is 12.6 Å². The highest BCUT2D eigenvalue weighted by Crippen LogP contribution is 2.16. The Hall–Kier alpha value is -0.920. The largest absolute Gasteiger partial charge is 0.392 e. The van der Waals surface area contributed by atoms with Gasteiger partial charge in [0.2, 0.25) is 10.0 Å². The molecule has 0 aliphatic rings. The van der Waals surface area contributed by atoms with Crippen molar-refractivity contribution in [2.45, 2.75) is 24.8 Å². The molecule has 6 nitrogen and oxygen atoms in total. The summed E-state index contributed by atoms with van der Waals surface area (Å²) < 4.78 is 24.9. The minimum Gasteiger partial charge on any atom is -0.392 e.